The number of amides is 1. The van der Waals surface area contributed by atoms with Crippen LogP contribution < -0.4 is 5.32 Å². The fraction of sp³-hybridized carbons (Fsp3) is 0.588. The van der Waals surface area contributed by atoms with Crippen LogP contribution in [0.1, 0.15) is 51.5 Å². The average molecular weight is 295 g/mol. The molecule has 0 aliphatic heterocycles. The predicted octanol–water partition coefficient (Wildman–Crippen LogP) is 3.23. The van der Waals surface area contributed by atoms with Crippen LogP contribution in [0.2, 0.25) is 0 Å². The number of carbonyl (C=O) groups is 1. The van der Waals surface area contributed by atoms with Gasteiger partial charge in [0.25, 0.3) is 0 Å². The molecule has 0 aliphatic carbocycles. The molecule has 0 saturated carbocycles. The molecule has 2 N–H and O–H groups in total. The maximum atomic E-state index is 13.1. The lowest BCUT2D eigenvalue weighted by Gasteiger charge is -2.26. The molecule has 0 radical (unpaired) electrons. The topological polar surface area (TPSA) is 49.3 Å². The largest absolute Gasteiger partial charge is 0.394 e. The van der Waals surface area contributed by atoms with E-state index in [9.17, 15) is 9.18 Å². The van der Waals surface area contributed by atoms with Crippen LogP contribution in [0, 0.1) is 11.7 Å². The first-order valence-corrected chi connectivity index (χ1v) is 7.67. The third-order valence-electron chi connectivity index (χ3n) is 4.00. The van der Waals surface area contributed by atoms with Crippen LogP contribution in [0.3, 0.4) is 0 Å². The second-order valence-electron chi connectivity index (χ2n) is 5.59. The molecule has 0 aliphatic rings. The fourth-order valence-electron chi connectivity index (χ4n) is 2.70. The summed E-state index contributed by atoms with van der Waals surface area (Å²) >= 11 is 0. The highest BCUT2D eigenvalue weighted by Gasteiger charge is 2.24. The van der Waals surface area contributed by atoms with Crippen LogP contribution in [0.25, 0.3) is 0 Å². The second-order valence-corrected chi connectivity index (χ2v) is 5.59. The Balaban J connectivity index is 2.87. The zero-order valence-corrected chi connectivity index (χ0v) is 13.1. The molecule has 0 bridgehead atoms. The number of aliphatic hydroxyl groups excluding tert-OH is 1. The van der Waals surface area contributed by atoms with E-state index in [1.54, 1.807) is 19.1 Å². The van der Waals surface area contributed by atoms with Gasteiger partial charge >= 0.3 is 0 Å². The predicted molar refractivity (Wildman–Crippen MR) is 82.5 cm³/mol. The Hall–Kier alpha value is -1.42. The van der Waals surface area contributed by atoms with Crippen LogP contribution >= 0.6 is 0 Å². The molecule has 0 aromatic heterocycles. The molecule has 1 aromatic carbocycles. The zero-order chi connectivity index (χ0) is 15.8. The van der Waals surface area contributed by atoms with Crippen LogP contribution in [-0.4, -0.2) is 23.7 Å². The van der Waals surface area contributed by atoms with E-state index >= 15 is 0 Å². The van der Waals surface area contributed by atoms with Gasteiger partial charge in [0.05, 0.1) is 6.61 Å². The van der Waals surface area contributed by atoms with Gasteiger partial charge in [0, 0.05) is 12.5 Å². The van der Waals surface area contributed by atoms with Crippen LogP contribution in [0.4, 0.5) is 4.39 Å². The highest BCUT2D eigenvalue weighted by atomic mass is 19.1. The Morgan fingerprint density at radius 3 is 2.29 bits per heavy atom. The molecular weight excluding hydrogens is 269 g/mol. The molecule has 0 spiro atoms. The van der Waals surface area contributed by atoms with Gasteiger partial charge in [0.15, 0.2) is 0 Å². The van der Waals surface area contributed by atoms with Crippen molar-refractivity contribution in [1.29, 1.82) is 0 Å². The minimum Gasteiger partial charge on any atom is -0.394 e. The lowest BCUT2D eigenvalue weighted by Crippen LogP contribution is -2.36. The van der Waals surface area contributed by atoms with Crippen molar-refractivity contribution < 1.29 is 14.3 Å². The normalized spacial score (nSPS) is 14.0. The summed E-state index contributed by atoms with van der Waals surface area (Å²) in [6.07, 6.45) is 2.31. The Morgan fingerprint density at radius 1 is 1.24 bits per heavy atom. The van der Waals surface area contributed by atoms with Crippen LogP contribution in [-0.2, 0) is 4.79 Å². The van der Waals surface area contributed by atoms with Gasteiger partial charge in [-0.1, -0.05) is 38.8 Å². The van der Waals surface area contributed by atoms with Crippen molar-refractivity contribution in [3.8, 4) is 0 Å². The van der Waals surface area contributed by atoms with Crippen molar-refractivity contribution in [2.24, 2.45) is 5.92 Å². The van der Waals surface area contributed by atoms with E-state index in [-0.39, 0.29) is 30.3 Å². The Kier molecular flexibility index (Phi) is 7.37. The van der Waals surface area contributed by atoms with Gasteiger partial charge in [0.1, 0.15) is 5.82 Å². The zero-order valence-electron chi connectivity index (χ0n) is 13.1. The first-order chi connectivity index (χ1) is 10.0. The summed E-state index contributed by atoms with van der Waals surface area (Å²) in [4.78, 5) is 12.1. The van der Waals surface area contributed by atoms with E-state index in [1.165, 1.54) is 12.1 Å². The molecule has 118 valence electrons. The Labute approximate surface area is 126 Å². The number of aliphatic hydroxyl groups is 1. The third-order valence-corrected chi connectivity index (χ3v) is 4.00. The van der Waals surface area contributed by atoms with Gasteiger partial charge in [-0.05, 0) is 36.5 Å². The summed E-state index contributed by atoms with van der Waals surface area (Å²) in [6, 6.07) is 6.17. The maximum absolute atomic E-state index is 13.1. The number of halogens is 1. The van der Waals surface area contributed by atoms with Crippen molar-refractivity contribution in [2.75, 3.05) is 6.61 Å². The lowest BCUT2D eigenvalue weighted by atomic mass is 9.80. The van der Waals surface area contributed by atoms with E-state index in [2.05, 4.69) is 19.2 Å². The van der Waals surface area contributed by atoms with E-state index < -0.39 is 0 Å². The molecular formula is C17H26FNO2. The molecule has 0 saturated heterocycles. The maximum Gasteiger partial charge on any atom is 0.220 e. The quantitative estimate of drug-likeness (QED) is 0.773. The van der Waals surface area contributed by atoms with E-state index in [4.69, 9.17) is 5.11 Å². The number of carbonyl (C=O) groups excluding carboxylic acids is 1. The molecule has 0 heterocycles. The minimum atomic E-state index is -0.264. The summed E-state index contributed by atoms with van der Waals surface area (Å²) in [5.74, 6) is 0.121. The van der Waals surface area contributed by atoms with E-state index in [0.29, 0.717) is 12.3 Å². The van der Waals surface area contributed by atoms with E-state index in [1.807, 2.05) is 0 Å². The number of hydrogen-bond donors (Lipinski definition) is 2. The number of rotatable bonds is 8. The van der Waals surface area contributed by atoms with Crippen LogP contribution in [0.5, 0.6) is 0 Å². The smallest absolute Gasteiger partial charge is 0.220 e. The number of benzene rings is 1. The molecule has 3 nitrogen and oxygen atoms in total. The molecule has 1 rings (SSSR count). The molecule has 0 fully saturated rings. The molecule has 1 aromatic rings. The molecule has 1 amide bonds. The molecule has 2 unspecified atom stereocenters. The van der Waals surface area contributed by atoms with Gasteiger partial charge in [-0.15, -0.1) is 0 Å². The second kappa shape index (κ2) is 8.78. The fourth-order valence-corrected chi connectivity index (χ4v) is 2.70. The van der Waals surface area contributed by atoms with Crippen molar-refractivity contribution in [2.45, 2.75) is 52.0 Å². The summed E-state index contributed by atoms with van der Waals surface area (Å²) in [5.41, 5.74) is 0.997. The lowest BCUT2D eigenvalue weighted by molar-refractivity contribution is -0.122. The average Bonchev–Trinajstić information content (AvgIpc) is 2.48. The van der Waals surface area contributed by atoms with Crippen molar-refractivity contribution in [1.82, 2.24) is 5.32 Å². The van der Waals surface area contributed by atoms with Crippen molar-refractivity contribution in [3.63, 3.8) is 0 Å². The Morgan fingerprint density at radius 2 is 1.81 bits per heavy atom. The van der Waals surface area contributed by atoms with Gasteiger partial charge in [-0.2, -0.15) is 0 Å². The SMILES string of the molecule is CCC(CC)C(CC(=O)NC(C)CO)c1ccc(F)cc1. The minimum absolute atomic E-state index is 0.0715. The monoisotopic (exact) mass is 295 g/mol. The number of hydrogen-bond acceptors (Lipinski definition) is 2. The molecule has 21 heavy (non-hydrogen) atoms. The highest BCUT2D eigenvalue weighted by molar-refractivity contribution is 5.77. The highest BCUT2D eigenvalue weighted by Crippen LogP contribution is 2.32. The summed E-state index contributed by atoms with van der Waals surface area (Å²) in [5, 5.41) is 11.8. The molecule has 4 heteroatoms. The van der Waals surface area contributed by atoms with Gasteiger partial charge in [-0.25, -0.2) is 4.39 Å². The summed E-state index contributed by atoms with van der Waals surface area (Å²) in [6.45, 7) is 5.91. The molecule has 2 atom stereocenters. The number of nitrogens with one attached hydrogen (secondary N) is 1. The van der Waals surface area contributed by atoms with Crippen LogP contribution in [0.15, 0.2) is 24.3 Å². The summed E-state index contributed by atoms with van der Waals surface area (Å²) in [7, 11) is 0. The van der Waals surface area contributed by atoms with Gasteiger partial charge in [-0.3, -0.25) is 4.79 Å². The van der Waals surface area contributed by atoms with Gasteiger partial charge < -0.3 is 10.4 Å². The first-order valence-electron chi connectivity index (χ1n) is 7.67. The summed E-state index contributed by atoms with van der Waals surface area (Å²) < 4.78 is 13.1. The third kappa shape index (κ3) is 5.46. The van der Waals surface area contributed by atoms with E-state index in [0.717, 1.165) is 18.4 Å². The van der Waals surface area contributed by atoms with Crippen molar-refractivity contribution >= 4 is 5.91 Å². The van der Waals surface area contributed by atoms with Crippen molar-refractivity contribution in [3.05, 3.63) is 35.6 Å². The van der Waals surface area contributed by atoms with Gasteiger partial charge in [0.2, 0.25) is 5.91 Å². The Bertz CT molecular complexity index is 429. The standard InChI is InChI=1S/C17H26FNO2/c1-4-13(5-2)16(10-17(21)19-12(3)11-20)14-6-8-15(18)9-7-14/h6-9,12-13,16,20H,4-5,10-11H2,1-3H3,(H,19,21). The first kappa shape index (κ1) is 17.6.